The fourth-order valence-corrected chi connectivity index (χ4v) is 1.51. The fourth-order valence-electron chi connectivity index (χ4n) is 1.51. The second-order valence-corrected chi connectivity index (χ2v) is 3.57. The molecule has 1 aromatic rings. The van der Waals surface area contributed by atoms with E-state index in [2.05, 4.69) is 6.92 Å². The molecule has 1 aromatic heterocycles. The highest BCUT2D eigenvalue weighted by atomic mass is 16.3. The summed E-state index contributed by atoms with van der Waals surface area (Å²) in [5.41, 5.74) is 7.16. The summed E-state index contributed by atoms with van der Waals surface area (Å²) in [4.78, 5) is 0. The Labute approximate surface area is 80.1 Å². The van der Waals surface area contributed by atoms with Crippen LogP contribution in [0.2, 0.25) is 0 Å². The Morgan fingerprint density at radius 2 is 2.23 bits per heavy atom. The summed E-state index contributed by atoms with van der Waals surface area (Å²) < 4.78 is 5.33. The van der Waals surface area contributed by atoms with Crippen molar-refractivity contribution in [2.45, 2.75) is 45.6 Å². The van der Waals surface area contributed by atoms with E-state index in [4.69, 9.17) is 10.2 Å². The van der Waals surface area contributed by atoms with E-state index in [-0.39, 0.29) is 6.04 Å². The molecule has 0 amide bonds. The molecule has 0 aromatic carbocycles. The largest absolute Gasteiger partial charge is 0.467 e. The first-order valence-corrected chi connectivity index (χ1v) is 5.05. The average molecular weight is 181 g/mol. The van der Waals surface area contributed by atoms with Gasteiger partial charge in [-0.15, -0.1) is 0 Å². The minimum atomic E-state index is 0.0848. The number of nitrogens with two attached hydrogens (primary N) is 1. The van der Waals surface area contributed by atoms with E-state index in [1.165, 1.54) is 24.8 Å². The molecule has 0 fully saturated rings. The van der Waals surface area contributed by atoms with Crippen LogP contribution in [0.5, 0.6) is 0 Å². The van der Waals surface area contributed by atoms with Crippen molar-refractivity contribution in [2.24, 2.45) is 5.73 Å². The van der Waals surface area contributed by atoms with Gasteiger partial charge < -0.3 is 10.2 Å². The predicted octanol–water partition coefficient (Wildman–Crippen LogP) is 3.17. The Morgan fingerprint density at radius 3 is 2.77 bits per heavy atom. The van der Waals surface area contributed by atoms with Gasteiger partial charge in [-0.05, 0) is 25.0 Å². The number of unbranched alkanes of at least 4 members (excludes halogenated alkanes) is 2. The lowest BCUT2D eigenvalue weighted by Crippen LogP contribution is -2.10. The lowest BCUT2D eigenvalue weighted by atomic mass is 10.1. The Bertz CT molecular complexity index is 242. The van der Waals surface area contributed by atoms with Crippen molar-refractivity contribution in [3.05, 3.63) is 23.7 Å². The molecule has 0 aliphatic rings. The summed E-state index contributed by atoms with van der Waals surface area (Å²) in [6.45, 7) is 4.24. The first kappa shape index (κ1) is 10.3. The average Bonchev–Trinajstić information content (AvgIpc) is 2.52. The molecule has 0 bridgehead atoms. The van der Waals surface area contributed by atoms with Gasteiger partial charge in [-0.2, -0.15) is 0 Å². The zero-order valence-corrected chi connectivity index (χ0v) is 8.55. The zero-order valence-electron chi connectivity index (χ0n) is 8.55. The van der Waals surface area contributed by atoms with Crippen LogP contribution in [0.15, 0.2) is 16.7 Å². The minimum Gasteiger partial charge on any atom is -0.467 e. The maximum absolute atomic E-state index is 5.99. The van der Waals surface area contributed by atoms with Gasteiger partial charge in [-0.1, -0.05) is 26.2 Å². The molecule has 0 spiro atoms. The first-order valence-electron chi connectivity index (χ1n) is 5.05. The quantitative estimate of drug-likeness (QED) is 0.709. The van der Waals surface area contributed by atoms with Crippen molar-refractivity contribution in [1.82, 2.24) is 0 Å². The summed E-state index contributed by atoms with van der Waals surface area (Å²) >= 11 is 0. The number of furan rings is 1. The number of hydrogen-bond acceptors (Lipinski definition) is 2. The van der Waals surface area contributed by atoms with Gasteiger partial charge in [0.25, 0.3) is 0 Å². The Kier molecular flexibility index (Phi) is 4.03. The first-order chi connectivity index (χ1) is 6.25. The highest BCUT2D eigenvalue weighted by Crippen LogP contribution is 2.21. The normalized spacial score (nSPS) is 13.2. The molecule has 13 heavy (non-hydrogen) atoms. The number of aryl methyl sites for hydroxylation is 1. The highest BCUT2D eigenvalue weighted by molar-refractivity contribution is 5.17. The summed E-state index contributed by atoms with van der Waals surface area (Å²) in [7, 11) is 0. The Hall–Kier alpha value is -0.760. The molecule has 1 unspecified atom stereocenters. The number of rotatable bonds is 5. The maximum Gasteiger partial charge on any atom is 0.123 e. The van der Waals surface area contributed by atoms with Crippen molar-refractivity contribution in [2.75, 3.05) is 0 Å². The smallest absolute Gasteiger partial charge is 0.123 e. The van der Waals surface area contributed by atoms with Gasteiger partial charge in [-0.3, -0.25) is 0 Å². The van der Waals surface area contributed by atoms with E-state index in [1.54, 1.807) is 6.26 Å². The van der Waals surface area contributed by atoms with Gasteiger partial charge in [0.05, 0.1) is 12.3 Å². The molecule has 2 N–H and O–H groups in total. The van der Waals surface area contributed by atoms with Crippen molar-refractivity contribution >= 4 is 0 Å². The van der Waals surface area contributed by atoms with Gasteiger partial charge >= 0.3 is 0 Å². The standard InChI is InChI=1S/C11H19NO/c1-3-4-5-6-10(12)11-9(2)7-8-13-11/h7-8,10H,3-6,12H2,1-2H3. The molecule has 0 aliphatic carbocycles. The van der Waals surface area contributed by atoms with Crippen LogP contribution in [-0.2, 0) is 0 Å². The fraction of sp³-hybridized carbons (Fsp3) is 0.636. The third-order valence-electron chi connectivity index (χ3n) is 2.36. The van der Waals surface area contributed by atoms with Crippen molar-refractivity contribution in [3.63, 3.8) is 0 Å². The highest BCUT2D eigenvalue weighted by Gasteiger charge is 2.11. The molecule has 1 atom stereocenters. The molecular weight excluding hydrogens is 162 g/mol. The van der Waals surface area contributed by atoms with Crippen LogP contribution in [0.25, 0.3) is 0 Å². The summed E-state index contributed by atoms with van der Waals surface area (Å²) in [6.07, 6.45) is 6.43. The van der Waals surface area contributed by atoms with E-state index >= 15 is 0 Å². The Balaban J connectivity index is 2.39. The van der Waals surface area contributed by atoms with E-state index < -0.39 is 0 Å². The van der Waals surface area contributed by atoms with Crippen LogP contribution in [-0.4, -0.2) is 0 Å². The van der Waals surface area contributed by atoms with Crippen molar-refractivity contribution < 1.29 is 4.42 Å². The molecule has 1 rings (SSSR count). The zero-order chi connectivity index (χ0) is 9.68. The molecule has 1 heterocycles. The van der Waals surface area contributed by atoms with Gasteiger partial charge in [0.2, 0.25) is 0 Å². The summed E-state index contributed by atoms with van der Waals surface area (Å²) in [5, 5.41) is 0. The molecule has 0 radical (unpaired) electrons. The second-order valence-electron chi connectivity index (χ2n) is 3.57. The molecule has 2 nitrogen and oxygen atoms in total. The number of hydrogen-bond donors (Lipinski definition) is 1. The molecule has 0 aliphatic heterocycles. The SMILES string of the molecule is CCCCCC(N)c1occc1C. The monoisotopic (exact) mass is 181 g/mol. The second kappa shape index (κ2) is 5.07. The van der Waals surface area contributed by atoms with Crippen LogP contribution < -0.4 is 5.73 Å². The third-order valence-corrected chi connectivity index (χ3v) is 2.36. The molecule has 0 saturated carbocycles. The van der Waals surface area contributed by atoms with Crippen LogP contribution in [0.1, 0.15) is 50.0 Å². The lowest BCUT2D eigenvalue weighted by molar-refractivity contribution is 0.439. The third kappa shape index (κ3) is 2.88. The van der Waals surface area contributed by atoms with E-state index in [0.29, 0.717) is 0 Å². The van der Waals surface area contributed by atoms with Crippen molar-refractivity contribution in [3.8, 4) is 0 Å². The van der Waals surface area contributed by atoms with Crippen molar-refractivity contribution in [1.29, 1.82) is 0 Å². The lowest BCUT2D eigenvalue weighted by Gasteiger charge is -2.08. The molecule has 2 heteroatoms. The topological polar surface area (TPSA) is 39.2 Å². The predicted molar refractivity (Wildman–Crippen MR) is 54.5 cm³/mol. The van der Waals surface area contributed by atoms with Gasteiger partial charge in [-0.25, -0.2) is 0 Å². The minimum absolute atomic E-state index is 0.0848. The summed E-state index contributed by atoms with van der Waals surface area (Å²) in [5.74, 6) is 0.955. The van der Waals surface area contributed by atoms with Crippen LogP contribution in [0, 0.1) is 6.92 Å². The van der Waals surface area contributed by atoms with Crippen LogP contribution >= 0.6 is 0 Å². The molecule has 0 saturated heterocycles. The van der Waals surface area contributed by atoms with E-state index in [9.17, 15) is 0 Å². The maximum atomic E-state index is 5.99. The van der Waals surface area contributed by atoms with Crippen LogP contribution in [0.4, 0.5) is 0 Å². The van der Waals surface area contributed by atoms with E-state index in [1.807, 2.05) is 13.0 Å². The van der Waals surface area contributed by atoms with Crippen LogP contribution in [0.3, 0.4) is 0 Å². The van der Waals surface area contributed by atoms with Gasteiger partial charge in [0.1, 0.15) is 5.76 Å². The van der Waals surface area contributed by atoms with Gasteiger partial charge in [0.15, 0.2) is 0 Å². The van der Waals surface area contributed by atoms with Gasteiger partial charge in [0, 0.05) is 0 Å². The van der Waals surface area contributed by atoms with E-state index in [0.717, 1.165) is 12.2 Å². The molecule has 74 valence electrons. The summed E-state index contributed by atoms with van der Waals surface area (Å²) in [6, 6.07) is 2.05. The molecular formula is C11H19NO. The Morgan fingerprint density at radius 1 is 1.46 bits per heavy atom.